The highest BCUT2D eigenvalue weighted by Gasteiger charge is 2.08. The van der Waals surface area contributed by atoms with Crippen LogP contribution in [0, 0.1) is 5.82 Å². The molecule has 1 heterocycles. The fourth-order valence-electron chi connectivity index (χ4n) is 1.75. The molecule has 1 amide bonds. The topological polar surface area (TPSA) is 55.1 Å². The third kappa shape index (κ3) is 3.62. The van der Waals surface area contributed by atoms with Gasteiger partial charge >= 0.3 is 0 Å². The van der Waals surface area contributed by atoms with Crippen LogP contribution >= 0.6 is 11.3 Å². The number of thiophene rings is 1. The first-order chi connectivity index (χ1) is 9.06. The molecule has 3 N–H and O–H groups in total. The second-order valence-electron chi connectivity index (χ2n) is 4.32. The Balaban J connectivity index is 1.96. The average Bonchev–Trinajstić information content (AvgIpc) is 2.85. The maximum Gasteiger partial charge on any atom is 0.249 e. The Kier molecular flexibility index (Phi) is 4.29. The van der Waals surface area contributed by atoms with Crippen molar-refractivity contribution in [3.05, 3.63) is 57.5 Å². The van der Waals surface area contributed by atoms with Gasteiger partial charge in [-0.1, -0.05) is 12.1 Å². The highest BCUT2D eigenvalue weighted by Crippen LogP contribution is 2.17. The van der Waals surface area contributed by atoms with Gasteiger partial charge < -0.3 is 11.1 Å². The summed E-state index contributed by atoms with van der Waals surface area (Å²) in [6, 6.07) is 8.33. The van der Waals surface area contributed by atoms with Crippen molar-refractivity contribution in [1.82, 2.24) is 5.32 Å². The minimum atomic E-state index is -0.416. The van der Waals surface area contributed by atoms with Crippen LogP contribution in [-0.2, 0) is 6.54 Å². The minimum Gasteiger partial charge on any atom is -0.366 e. The normalized spacial score (nSPS) is 12.3. The summed E-state index contributed by atoms with van der Waals surface area (Å²) in [5.41, 5.74) is 6.62. The Labute approximate surface area is 115 Å². The van der Waals surface area contributed by atoms with Crippen molar-refractivity contribution in [3.8, 4) is 0 Å². The average molecular weight is 278 g/mol. The molecule has 0 saturated carbocycles. The second kappa shape index (κ2) is 5.95. The van der Waals surface area contributed by atoms with Crippen molar-refractivity contribution in [1.29, 1.82) is 0 Å². The zero-order chi connectivity index (χ0) is 13.8. The number of nitrogens with one attached hydrogen (secondary N) is 1. The lowest BCUT2D eigenvalue weighted by atomic mass is 10.1. The number of primary amides is 1. The molecule has 0 aliphatic carbocycles. The van der Waals surface area contributed by atoms with Gasteiger partial charge in [0, 0.05) is 22.8 Å². The number of hydrogen-bond acceptors (Lipinski definition) is 3. The summed E-state index contributed by atoms with van der Waals surface area (Å²) in [5, 5.41) is 5.03. The fraction of sp³-hybridized carbons (Fsp3) is 0.214. The Hall–Kier alpha value is -1.72. The summed E-state index contributed by atoms with van der Waals surface area (Å²) >= 11 is 1.48. The molecule has 0 aliphatic heterocycles. The fourth-order valence-corrected chi connectivity index (χ4v) is 2.57. The molecule has 1 atom stereocenters. The molecule has 19 heavy (non-hydrogen) atoms. The number of rotatable bonds is 5. The van der Waals surface area contributed by atoms with Crippen molar-refractivity contribution in [2.75, 3.05) is 0 Å². The lowest BCUT2D eigenvalue weighted by Gasteiger charge is -2.13. The molecule has 0 aliphatic rings. The van der Waals surface area contributed by atoms with Gasteiger partial charge in [0.15, 0.2) is 0 Å². The summed E-state index contributed by atoms with van der Waals surface area (Å²) in [6.45, 7) is 2.59. The van der Waals surface area contributed by atoms with Crippen LogP contribution in [0.4, 0.5) is 4.39 Å². The summed E-state index contributed by atoms with van der Waals surface area (Å²) in [6.07, 6.45) is 0. The van der Waals surface area contributed by atoms with Gasteiger partial charge in [-0.25, -0.2) is 4.39 Å². The highest BCUT2D eigenvalue weighted by atomic mass is 32.1. The van der Waals surface area contributed by atoms with Crippen LogP contribution in [0.15, 0.2) is 35.7 Å². The van der Waals surface area contributed by atoms with Crippen LogP contribution in [0.1, 0.15) is 33.8 Å². The third-order valence-electron chi connectivity index (χ3n) is 2.87. The maximum absolute atomic E-state index is 13.1. The van der Waals surface area contributed by atoms with Crippen molar-refractivity contribution in [3.63, 3.8) is 0 Å². The van der Waals surface area contributed by atoms with Gasteiger partial charge in [-0.15, -0.1) is 11.3 Å². The third-order valence-corrected chi connectivity index (χ3v) is 3.81. The molecular weight excluding hydrogens is 263 g/mol. The molecule has 1 aromatic heterocycles. The largest absolute Gasteiger partial charge is 0.366 e. The lowest BCUT2D eigenvalue weighted by molar-refractivity contribution is 0.100. The number of carbonyl (C=O) groups excluding carboxylic acids is 1. The number of carbonyl (C=O) groups is 1. The Morgan fingerprint density at radius 2 is 2.26 bits per heavy atom. The van der Waals surface area contributed by atoms with Crippen LogP contribution in [0.5, 0.6) is 0 Å². The van der Waals surface area contributed by atoms with Gasteiger partial charge in [-0.05, 0) is 30.7 Å². The van der Waals surface area contributed by atoms with Crippen molar-refractivity contribution < 1.29 is 9.18 Å². The smallest absolute Gasteiger partial charge is 0.249 e. The van der Waals surface area contributed by atoms with E-state index in [1.54, 1.807) is 17.5 Å². The first-order valence-electron chi connectivity index (χ1n) is 5.92. The molecule has 0 fully saturated rings. The molecule has 0 spiro atoms. The van der Waals surface area contributed by atoms with E-state index in [9.17, 15) is 9.18 Å². The molecule has 2 rings (SSSR count). The van der Waals surface area contributed by atoms with E-state index in [4.69, 9.17) is 5.73 Å². The van der Waals surface area contributed by atoms with Crippen LogP contribution in [-0.4, -0.2) is 5.91 Å². The zero-order valence-corrected chi connectivity index (χ0v) is 11.3. The van der Waals surface area contributed by atoms with Crippen LogP contribution in [0.2, 0.25) is 0 Å². The van der Waals surface area contributed by atoms with Crippen molar-refractivity contribution in [2.45, 2.75) is 19.5 Å². The zero-order valence-electron chi connectivity index (χ0n) is 10.5. The van der Waals surface area contributed by atoms with Crippen molar-refractivity contribution in [2.24, 2.45) is 5.73 Å². The monoisotopic (exact) mass is 278 g/mol. The highest BCUT2D eigenvalue weighted by molar-refractivity contribution is 7.10. The van der Waals surface area contributed by atoms with E-state index in [1.807, 2.05) is 13.0 Å². The second-order valence-corrected chi connectivity index (χ2v) is 5.32. The lowest BCUT2D eigenvalue weighted by Crippen LogP contribution is -2.17. The summed E-state index contributed by atoms with van der Waals surface area (Å²) in [5.74, 6) is -0.654. The number of amides is 1. The van der Waals surface area contributed by atoms with E-state index >= 15 is 0 Å². The van der Waals surface area contributed by atoms with Gasteiger partial charge in [0.25, 0.3) is 0 Å². The molecule has 0 radical (unpaired) electrons. The molecule has 0 unspecified atom stereocenters. The molecule has 3 nitrogen and oxygen atoms in total. The van der Waals surface area contributed by atoms with Gasteiger partial charge in [0.05, 0.1) is 5.56 Å². The van der Waals surface area contributed by atoms with Crippen LogP contribution in [0.3, 0.4) is 0 Å². The molecule has 0 saturated heterocycles. The summed E-state index contributed by atoms with van der Waals surface area (Å²) in [7, 11) is 0. The van der Waals surface area contributed by atoms with Crippen LogP contribution in [0.25, 0.3) is 0 Å². The number of hydrogen-bond donors (Lipinski definition) is 2. The van der Waals surface area contributed by atoms with Gasteiger partial charge in [-0.3, -0.25) is 4.79 Å². The first kappa shape index (κ1) is 13.7. The number of nitrogens with two attached hydrogens (primary N) is 1. The van der Waals surface area contributed by atoms with E-state index in [2.05, 4.69) is 5.32 Å². The molecular formula is C14H15FN2OS. The Morgan fingerprint density at radius 3 is 2.89 bits per heavy atom. The first-order valence-corrected chi connectivity index (χ1v) is 6.80. The standard InChI is InChI=1S/C14H15FN2OS/c1-9(10-3-2-4-12(15)5-10)17-7-13-6-11(8-19-13)14(16)18/h2-6,8-9,17H,7H2,1H3,(H2,16,18)/t9-/m1/s1. The maximum atomic E-state index is 13.1. The van der Waals surface area contributed by atoms with E-state index in [-0.39, 0.29) is 11.9 Å². The van der Waals surface area contributed by atoms with Crippen molar-refractivity contribution >= 4 is 17.2 Å². The quantitative estimate of drug-likeness (QED) is 0.883. The molecule has 1 aromatic carbocycles. The molecule has 0 bridgehead atoms. The SMILES string of the molecule is C[C@@H](NCc1cc(C(N)=O)cs1)c1cccc(F)c1. The van der Waals surface area contributed by atoms with E-state index in [0.717, 1.165) is 10.4 Å². The number of halogens is 1. The Morgan fingerprint density at radius 1 is 1.47 bits per heavy atom. The van der Waals surface area contributed by atoms with Crippen LogP contribution < -0.4 is 11.1 Å². The Bertz CT molecular complexity index is 582. The van der Waals surface area contributed by atoms with Gasteiger partial charge in [-0.2, -0.15) is 0 Å². The molecule has 2 aromatic rings. The summed E-state index contributed by atoms with van der Waals surface area (Å²) < 4.78 is 13.1. The van der Waals surface area contributed by atoms with Gasteiger partial charge in [0.2, 0.25) is 5.91 Å². The van der Waals surface area contributed by atoms with E-state index < -0.39 is 5.91 Å². The van der Waals surface area contributed by atoms with E-state index in [1.165, 1.54) is 23.5 Å². The van der Waals surface area contributed by atoms with E-state index in [0.29, 0.717) is 12.1 Å². The predicted octanol–water partition coefficient (Wildman–Crippen LogP) is 2.84. The molecule has 5 heteroatoms. The number of benzene rings is 1. The summed E-state index contributed by atoms with van der Waals surface area (Å²) in [4.78, 5) is 12.0. The predicted molar refractivity (Wildman–Crippen MR) is 74.5 cm³/mol. The van der Waals surface area contributed by atoms with Gasteiger partial charge in [0.1, 0.15) is 5.82 Å². The minimum absolute atomic E-state index is 0.0369. The molecule has 100 valence electrons.